The lowest BCUT2D eigenvalue weighted by atomic mass is 10.4. The number of methoxy groups -OCH3 is 1. The number of carbonyl (C=O) groups is 1. The molecule has 2 nitrogen and oxygen atoms in total. The second-order valence-electron chi connectivity index (χ2n) is 1.99. The van der Waals surface area contributed by atoms with Crippen LogP contribution in [0.1, 0.15) is 4.88 Å². The minimum absolute atomic E-state index is 0.375. The van der Waals surface area contributed by atoms with Gasteiger partial charge in [0.25, 0.3) is 0 Å². The molecule has 0 fully saturated rings. The maximum atomic E-state index is 10.7. The van der Waals surface area contributed by atoms with E-state index in [9.17, 15) is 4.79 Å². The van der Waals surface area contributed by atoms with Gasteiger partial charge in [-0.25, -0.2) is 4.79 Å². The van der Waals surface area contributed by atoms with Gasteiger partial charge in [0.15, 0.2) is 0 Å². The molecule has 12 heavy (non-hydrogen) atoms. The topological polar surface area (TPSA) is 26.3 Å². The number of ether oxygens (including phenoxy) is 1. The van der Waals surface area contributed by atoms with Gasteiger partial charge in [-0.15, -0.1) is 11.3 Å². The summed E-state index contributed by atoms with van der Waals surface area (Å²) in [7, 11) is 1.34. The lowest BCUT2D eigenvalue weighted by Crippen LogP contribution is -1.92. The summed E-state index contributed by atoms with van der Waals surface area (Å²) in [5.41, 5.74) is 0. The molecule has 1 heterocycles. The van der Waals surface area contributed by atoms with Crippen LogP contribution in [0, 0.1) is 0 Å². The first kappa shape index (κ1) is 9.29. The van der Waals surface area contributed by atoms with Crippen LogP contribution in [0.2, 0.25) is 5.02 Å². The van der Waals surface area contributed by atoms with Crippen LogP contribution >= 0.6 is 22.9 Å². The summed E-state index contributed by atoms with van der Waals surface area (Å²) in [6, 6.07) is 1.78. The molecule has 0 bridgehead atoms. The molecule has 1 rings (SSSR count). The Hall–Kier alpha value is -0.800. The van der Waals surface area contributed by atoms with Crippen molar-refractivity contribution < 1.29 is 9.53 Å². The largest absolute Gasteiger partial charge is 0.466 e. The average Bonchev–Trinajstić information content (AvgIpc) is 2.47. The van der Waals surface area contributed by atoms with Crippen LogP contribution in [0.3, 0.4) is 0 Å². The number of hydrogen-bond acceptors (Lipinski definition) is 3. The van der Waals surface area contributed by atoms with Gasteiger partial charge in [0.2, 0.25) is 0 Å². The van der Waals surface area contributed by atoms with Gasteiger partial charge in [-0.1, -0.05) is 11.6 Å². The smallest absolute Gasteiger partial charge is 0.330 e. The molecular weight excluding hydrogens is 196 g/mol. The maximum Gasteiger partial charge on any atom is 0.330 e. The number of esters is 1. The van der Waals surface area contributed by atoms with E-state index in [1.807, 2.05) is 5.38 Å². The van der Waals surface area contributed by atoms with Gasteiger partial charge >= 0.3 is 5.97 Å². The van der Waals surface area contributed by atoms with Gasteiger partial charge in [-0.2, -0.15) is 0 Å². The Morgan fingerprint density at radius 3 is 3.00 bits per heavy atom. The third kappa shape index (κ3) is 2.36. The highest BCUT2D eigenvalue weighted by Crippen LogP contribution is 2.23. The zero-order chi connectivity index (χ0) is 8.97. The van der Waals surface area contributed by atoms with Crippen molar-refractivity contribution in [3.05, 3.63) is 27.4 Å². The predicted molar refractivity (Wildman–Crippen MR) is 50.4 cm³/mol. The Kier molecular flexibility index (Phi) is 3.31. The van der Waals surface area contributed by atoms with E-state index in [4.69, 9.17) is 11.6 Å². The van der Waals surface area contributed by atoms with Crippen molar-refractivity contribution in [1.82, 2.24) is 0 Å². The van der Waals surface area contributed by atoms with Crippen LogP contribution in [0.5, 0.6) is 0 Å². The average molecular weight is 203 g/mol. The number of halogens is 1. The summed E-state index contributed by atoms with van der Waals surface area (Å²) in [5, 5.41) is 2.51. The SMILES string of the molecule is COC(=O)/C=C/c1sccc1Cl. The molecule has 0 atom stereocenters. The fraction of sp³-hybridized carbons (Fsp3) is 0.125. The lowest BCUT2D eigenvalue weighted by Gasteiger charge is -1.89. The van der Waals surface area contributed by atoms with Crippen LogP contribution in [0.4, 0.5) is 0 Å². The molecular formula is C8H7ClO2S. The van der Waals surface area contributed by atoms with E-state index in [0.717, 1.165) is 4.88 Å². The van der Waals surface area contributed by atoms with Crippen molar-refractivity contribution in [2.24, 2.45) is 0 Å². The van der Waals surface area contributed by atoms with Gasteiger partial charge < -0.3 is 4.74 Å². The predicted octanol–water partition coefficient (Wildman–Crippen LogP) is 2.59. The number of hydrogen-bond donors (Lipinski definition) is 0. The van der Waals surface area contributed by atoms with Crippen LogP contribution < -0.4 is 0 Å². The minimum Gasteiger partial charge on any atom is -0.466 e. The first-order chi connectivity index (χ1) is 5.74. The highest BCUT2D eigenvalue weighted by Gasteiger charge is 1.97. The number of carbonyl (C=O) groups excluding carboxylic acids is 1. The zero-order valence-corrected chi connectivity index (χ0v) is 7.98. The van der Waals surface area contributed by atoms with Gasteiger partial charge in [0, 0.05) is 11.0 Å². The summed E-state index contributed by atoms with van der Waals surface area (Å²) < 4.78 is 4.42. The van der Waals surface area contributed by atoms with Crippen molar-refractivity contribution in [3.8, 4) is 0 Å². The molecule has 1 aromatic heterocycles. The van der Waals surface area contributed by atoms with E-state index >= 15 is 0 Å². The molecule has 0 saturated heterocycles. The normalized spacial score (nSPS) is 10.5. The highest BCUT2D eigenvalue weighted by atomic mass is 35.5. The maximum absolute atomic E-state index is 10.7. The van der Waals surface area contributed by atoms with Crippen LogP contribution in [-0.4, -0.2) is 13.1 Å². The Labute approximate surface area is 79.4 Å². The number of rotatable bonds is 2. The van der Waals surface area contributed by atoms with Crippen molar-refractivity contribution in [2.75, 3.05) is 7.11 Å². The molecule has 0 aliphatic heterocycles. The standard InChI is InChI=1S/C8H7ClO2S/c1-11-8(10)3-2-7-6(9)4-5-12-7/h2-5H,1H3/b3-2+. The lowest BCUT2D eigenvalue weighted by molar-refractivity contribution is -0.134. The fourth-order valence-electron chi connectivity index (χ4n) is 0.636. The summed E-state index contributed by atoms with van der Waals surface area (Å²) in [5.74, 6) is -0.375. The van der Waals surface area contributed by atoms with Gasteiger partial charge in [-0.3, -0.25) is 0 Å². The van der Waals surface area contributed by atoms with E-state index in [-0.39, 0.29) is 5.97 Å². The minimum atomic E-state index is -0.375. The van der Waals surface area contributed by atoms with E-state index in [1.165, 1.54) is 24.5 Å². The fourth-order valence-corrected chi connectivity index (χ4v) is 1.65. The molecule has 4 heteroatoms. The van der Waals surface area contributed by atoms with Crippen LogP contribution in [-0.2, 0) is 9.53 Å². The molecule has 0 aliphatic rings. The molecule has 64 valence electrons. The molecule has 0 spiro atoms. The highest BCUT2D eigenvalue weighted by molar-refractivity contribution is 7.11. The first-order valence-corrected chi connectivity index (χ1v) is 4.49. The molecule has 0 N–H and O–H groups in total. The van der Waals surface area contributed by atoms with Crippen LogP contribution in [0.25, 0.3) is 6.08 Å². The van der Waals surface area contributed by atoms with E-state index in [2.05, 4.69) is 4.74 Å². The van der Waals surface area contributed by atoms with E-state index < -0.39 is 0 Å². The van der Waals surface area contributed by atoms with E-state index in [1.54, 1.807) is 12.1 Å². The molecule has 1 aromatic rings. The molecule has 0 unspecified atom stereocenters. The van der Waals surface area contributed by atoms with Gasteiger partial charge in [0.1, 0.15) is 0 Å². The van der Waals surface area contributed by atoms with Crippen molar-refractivity contribution >= 4 is 35.0 Å². The molecule has 0 radical (unpaired) electrons. The third-order valence-corrected chi connectivity index (χ3v) is 2.54. The Morgan fingerprint density at radius 2 is 2.50 bits per heavy atom. The Morgan fingerprint density at radius 1 is 1.75 bits per heavy atom. The van der Waals surface area contributed by atoms with Crippen molar-refractivity contribution in [1.29, 1.82) is 0 Å². The quantitative estimate of drug-likeness (QED) is 0.544. The third-order valence-electron chi connectivity index (χ3n) is 1.22. The summed E-state index contributed by atoms with van der Waals surface area (Å²) in [4.78, 5) is 11.5. The molecule has 0 amide bonds. The van der Waals surface area contributed by atoms with Crippen LogP contribution in [0.15, 0.2) is 17.5 Å². The van der Waals surface area contributed by atoms with Crippen molar-refractivity contribution in [3.63, 3.8) is 0 Å². The molecule has 0 aromatic carbocycles. The second kappa shape index (κ2) is 4.28. The zero-order valence-electron chi connectivity index (χ0n) is 6.41. The second-order valence-corrected chi connectivity index (χ2v) is 3.34. The Bertz CT molecular complexity index is 304. The van der Waals surface area contributed by atoms with E-state index in [0.29, 0.717) is 5.02 Å². The molecule has 0 saturated carbocycles. The van der Waals surface area contributed by atoms with Gasteiger partial charge in [-0.05, 0) is 17.5 Å². The molecule has 0 aliphatic carbocycles. The monoisotopic (exact) mass is 202 g/mol. The Balaban J connectivity index is 2.69. The van der Waals surface area contributed by atoms with Gasteiger partial charge in [0.05, 0.1) is 12.1 Å². The van der Waals surface area contributed by atoms with Crippen molar-refractivity contribution in [2.45, 2.75) is 0 Å². The number of thiophene rings is 1. The summed E-state index contributed by atoms with van der Waals surface area (Å²) in [6.45, 7) is 0. The summed E-state index contributed by atoms with van der Waals surface area (Å²) in [6.07, 6.45) is 2.98. The summed E-state index contributed by atoms with van der Waals surface area (Å²) >= 11 is 7.25. The first-order valence-electron chi connectivity index (χ1n) is 3.23.